The summed E-state index contributed by atoms with van der Waals surface area (Å²) < 4.78 is 11.9. The van der Waals surface area contributed by atoms with Crippen LogP contribution in [0.25, 0.3) is 0 Å². The summed E-state index contributed by atoms with van der Waals surface area (Å²) in [7, 11) is 0. The number of nitrogens with one attached hydrogen (secondary N) is 1. The Balaban J connectivity index is 2.59. The molecule has 4 nitrogen and oxygen atoms in total. The summed E-state index contributed by atoms with van der Waals surface area (Å²) in [6.07, 6.45) is -0.607. The van der Waals surface area contributed by atoms with E-state index in [-0.39, 0.29) is 6.61 Å². The fourth-order valence-corrected chi connectivity index (χ4v) is 2.04. The zero-order chi connectivity index (χ0) is 15.0. The summed E-state index contributed by atoms with van der Waals surface area (Å²) in [5, 5.41) is 13.1. The molecule has 114 valence electrons. The first-order valence-corrected chi connectivity index (χ1v) is 7.72. The van der Waals surface area contributed by atoms with Crippen LogP contribution >= 0.6 is 15.9 Å². The second-order valence-electron chi connectivity index (χ2n) is 4.91. The first kappa shape index (κ1) is 17.4. The van der Waals surface area contributed by atoms with Crippen molar-refractivity contribution in [2.24, 2.45) is 0 Å². The molecule has 0 saturated carbocycles. The zero-order valence-corrected chi connectivity index (χ0v) is 13.9. The third kappa shape index (κ3) is 6.70. The van der Waals surface area contributed by atoms with Crippen LogP contribution in [0.1, 0.15) is 26.3 Å². The SMILES string of the molecule is CCOCC(O)COc1ccc(Br)cc1CNC(C)C. The minimum Gasteiger partial charge on any atom is -0.490 e. The Morgan fingerprint density at radius 3 is 2.70 bits per heavy atom. The Kier molecular flexibility index (Phi) is 8.14. The Labute approximate surface area is 129 Å². The number of ether oxygens (including phenoxy) is 2. The molecule has 0 radical (unpaired) electrons. The van der Waals surface area contributed by atoms with E-state index in [0.717, 1.165) is 22.3 Å². The summed E-state index contributed by atoms with van der Waals surface area (Å²) in [4.78, 5) is 0. The lowest BCUT2D eigenvalue weighted by atomic mass is 10.2. The van der Waals surface area contributed by atoms with E-state index in [4.69, 9.17) is 9.47 Å². The van der Waals surface area contributed by atoms with Crippen LogP contribution in [0, 0.1) is 0 Å². The molecule has 0 fully saturated rings. The fourth-order valence-electron chi connectivity index (χ4n) is 1.63. The van der Waals surface area contributed by atoms with Gasteiger partial charge < -0.3 is 19.9 Å². The van der Waals surface area contributed by atoms with Crippen LogP contribution in [0.2, 0.25) is 0 Å². The molecule has 1 atom stereocenters. The predicted molar refractivity (Wildman–Crippen MR) is 84.1 cm³/mol. The van der Waals surface area contributed by atoms with Gasteiger partial charge in [0, 0.05) is 29.2 Å². The minimum absolute atomic E-state index is 0.232. The minimum atomic E-state index is -0.607. The largest absolute Gasteiger partial charge is 0.490 e. The topological polar surface area (TPSA) is 50.7 Å². The second kappa shape index (κ2) is 9.34. The van der Waals surface area contributed by atoms with Gasteiger partial charge in [-0.1, -0.05) is 29.8 Å². The molecule has 0 amide bonds. The van der Waals surface area contributed by atoms with Crippen LogP contribution in [0.3, 0.4) is 0 Å². The Morgan fingerprint density at radius 2 is 2.05 bits per heavy atom. The van der Waals surface area contributed by atoms with E-state index in [1.807, 2.05) is 25.1 Å². The highest BCUT2D eigenvalue weighted by atomic mass is 79.9. The second-order valence-corrected chi connectivity index (χ2v) is 5.83. The van der Waals surface area contributed by atoms with Gasteiger partial charge in [0.05, 0.1) is 6.61 Å². The molecule has 1 rings (SSSR count). The molecular formula is C15H24BrNO3. The standard InChI is InChI=1S/C15H24BrNO3/c1-4-19-9-14(18)10-20-15-6-5-13(16)7-12(15)8-17-11(2)3/h5-7,11,14,17-18H,4,8-10H2,1-3H3. The lowest BCUT2D eigenvalue weighted by Gasteiger charge is -2.16. The van der Waals surface area contributed by atoms with Gasteiger partial charge >= 0.3 is 0 Å². The molecule has 1 unspecified atom stereocenters. The molecule has 1 aromatic carbocycles. The van der Waals surface area contributed by atoms with Gasteiger partial charge in [-0.05, 0) is 25.1 Å². The van der Waals surface area contributed by atoms with Crippen molar-refractivity contribution in [3.63, 3.8) is 0 Å². The quantitative estimate of drug-likeness (QED) is 0.722. The van der Waals surface area contributed by atoms with Crippen LogP contribution in [-0.4, -0.2) is 37.1 Å². The van der Waals surface area contributed by atoms with Gasteiger partial charge in [0.15, 0.2) is 0 Å². The molecule has 0 heterocycles. The molecule has 0 aromatic heterocycles. The first-order valence-electron chi connectivity index (χ1n) is 6.93. The lowest BCUT2D eigenvalue weighted by molar-refractivity contribution is 0.0162. The van der Waals surface area contributed by atoms with Crippen LogP contribution in [0.4, 0.5) is 0 Å². The third-order valence-electron chi connectivity index (χ3n) is 2.67. The summed E-state index contributed by atoms with van der Waals surface area (Å²) in [5.41, 5.74) is 1.07. The molecule has 0 aliphatic heterocycles. The highest BCUT2D eigenvalue weighted by Crippen LogP contribution is 2.23. The maximum absolute atomic E-state index is 9.73. The van der Waals surface area contributed by atoms with Crippen LogP contribution in [0.15, 0.2) is 22.7 Å². The summed E-state index contributed by atoms with van der Waals surface area (Å²) in [6.45, 7) is 7.96. The normalized spacial score (nSPS) is 12.7. The Hall–Kier alpha value is -0.620. The van der Waals surface area contributed by atoms with Gasteiger partial charge in [0.2, 0.25) is 0 Å². The van der Waals surface area contributed by atoms with Crippen molar-refractivity contribution in [2.45, 2.75) is 39.5 Å². The molecule has 20 heavy (non-hydrogen) atoms. The summed E-state index contributed by atoms with van der Waals surface area (Å²) >= 11 is 3.46. The average Bonchev–Trinajstić information content (AvgIpc) is 2.41. The third-order valence-corrected chi connectivity index (χ3v) is 3.16. The van der Waals surface area contributed by atoms with Crippen molar-refractivity contribution >= 4 is 15.9 Å². The van der Waals surface area contributed by atoms with Crippen LogP contribution < -0.4 is 10.1 Å². The lowest BCUT2D eigenvalue weighted by Crippen LogP contribution is -2.25. The highest BCUT2D eigenvalue weighted by molar-refractivity contribution is 9.10. The molecule has 2 N–H and O–H groups in total. The van der Waals surface area contributed by atoms with E-state index >= 15 is 0 Å². The summed E-state index contributed by atoms with van der Waals surface area (Å²) in [6, 6.07) is 6.28. The molecule has 5 heteroatoms. The van der Waals surface area contributed by atoms with E-state index in [2.05, 4.69) is 35.1 Å². The van der Waals surface area contributed by atoms with Crippen molar-refractivity contribution in [1.29, 1.82) is 0 Å². The van der Waals surface area contributed by atoms with Gasteiger partial charge in [-0.3, -0.25) is 0 Å². The van der Waals surface area contributed by atoms with E-state index in [0.29, 0.717) is 19.3 Å². The zero-order valence-electron chi connectivity index (χ0n) is 12.4. The van der Waals surface area contributed by atoms with Crippen molar-refractivity contribution in [3.8, 4) is 5.75 Å². The number of hydrogen-bond donors (Lipinski definition) is 2. The maximum atomic E-state index is 9.73. The predicted octanol–water partition coefficient (Wildman–Crippen LogP) is 2.72. The number of benzene rings is 1. The molecule has 0 aliphatic rings. The van der Waals surface area contributed by atoms with E-state index in [1.54, 1.807) is 0 Å². The van der Waals surface area contributed by atoms with Crippen LogP contribution in [-0.2, 0) is 11.3 Å². The summed E-state index contributed by atoms with van der Waals surface area (Å²) in [5.74, 6) is 0.789. The monoisotopic (exact) mass is 345 g/mol. The van der Waals surface area contributed by atoms with Gasteiger partial charge in [-0.25, -0.2) is 0 Å². The Morgan fingerprint density at radius 1 is 1.30 bits per heavy atom. The number of hydrogen-bond acceptors (Lipinski definition) is 4. The van der Waals surface area contributed by atoms with Gasteiger partial charge in [-0.2, -0.15) is 0 Å². The van der Waals surface area contributed by atoms with E-state index in [9.17, 15) is 5.11 Å². The molecule has 0 aliphatic carbocycles. The fraction of sp³-hybridized carbons (Fsp3) is 0.600. The maximum Gasteiger partial charge on any atom is 0.124 e. The molecular weight excluding hydrogens is 322 g/mol. The van der Waals surface area contributed by atoms with Crippen molar-refractivity contribution < 1.29 is 14.6 Å². The number of halogens is 1. The van der Waals surface area contributed by atoms with Crippen molar-refractivity contribution in [3.05, 3.63) is 28.2 Å². The highest BCUT2D eigenvalue weighted by Gasteiger charge is 2.09. The number of rotatable bonds is 9. The smallest absolute Gasteiger partial charge is 0.124 e. The molecule has 0 bridgehead atoms. The average molecular weight is 346 g/mol. The van der Waals surface area contributed by atoms with Crippen LogP contribution in [0.5, 0.6) is 5.75 Å². The van der Waals surface area contributed by atoms with Crippen molar-refractivity contribution in [2.75, 3.05) is 19.8 Å². The molecule has 1 aromatic rings. The van der Waals surface area contributed by atoms with Gasteiger partial charge in [0.1, 0.15) is 18.5 Å². The Bertz CT molecular complexity index is 399. The van der Waals surface area contributed by atoms with E-state index in [1.165, 1.54) is 0 Å². The number of aliphatic hydroxyl groups excluding tert-OH is 1. The molecule has 0 saturated heterocycles. The van der Waals surface area contributed by atoms with Crippen molar-refractivity contribution in [1.82, 2.24) is 5.32 Å². The van der Waals surface area contributed by atoms with Gasteiger partial charge in [-0.15, -0.1) is 0 Å². The number of aliphatic hydroxyl groups is 1. The van der Waals surface area contributed by atoms with E-state index < -0.39 is 6.10 Å². The van der Waals surface area contributed by atoms with Gasteiger partial charge in [0.25, 0.3) is 0 Å². The molecule has 0 spiro atoms. The first-order chi connectivity index (χ1) is 9.52.